The van der Waals surface area contributed by atoms with Crippen molar-refractivity contribution in [2.24, 2.45) is 0 Å². The number of aromatic nitrogens is 2. The van der Waals surface area contributed by atoms with E-state index in [1.165, 1.54) is 11.3 Å². The van der Waals surface area contributed by atoms with Crippen LogP contribution >= 0.6 is 0 Å². The Morgan fingerprint density at radius 2 is 2.27 bits per heavy atom. The fourth-order valence-corrected chi connectivity index (χ4v) is 1.41. The van der Waals surface area contributed by atoms with Crippen molar-refractivity contribution in [2.75, 3.05) is 7.05 Å². The summed E-state index contributed by atoms with van der Waals surface area (Å²) in [6.07, 6.45) is 1.93. The lowest BCUT2D eigenvalue weighted by Crippen LogP contribution is -2.07. The second kappa shape index (κ2) is 2.27. The number of fused-ring (bicyclic) bond motifs is 1. The molecule has 1 aliphatic rings. The minimum Gasteiger partial charge on any atom is -0.296 e. The Kier molecular flexibility index (Phi) is 1.39. The molecule has 0 atom stereocenters. The molecule has 0 unspecified atom stereocenters. The standard InChI is InChI=1S/C8H11N3/c1-6-9-3-7-4-11(2)5-8(7)10-6/h3H,4-5H2,1-2H3. The molecule has 58 valence electrons. The third-order valence-corrected chi connectivity index (χ3v) is 1.93. The van der Waals surface area contributed by atoms with Crippen LogP contribution in [0.15, 0.2) is 6.20 Å². The van der Waals surface area contributed by atoms with Gasteiger partial charge in [-0.1, -0.05) is 0 Å². The Bertz CT molecular complexity index is 283. The van der Waals surface area contributed by atoms with Gasteiger partial charge in [-0.2, -0.15) is 0 Å². The first-order valence-electron chi connectivity index (χ1n) is 3.75. The van der Waals surface area contributed by atoms with E-state index in [-0.39, 0.29) is 0 Å². The van der Waals surface area contributed by atoms with E-state index in [4.69, 9.17) is 0 Å². The first-order chi connectivity index (χ1) is 5.25. The van der Waals surface area contributed by atoms with Crippen molar-refractivity contribution in [3.8, 4) is 0 Å². The molecule has 0 bridgehead atoms. The van der Waals surface area contributed by atoms with E-state index in [1.54, 1.807) is 0 Å². The first kappa shape index (κ1) is 6.73. The highest BCUT2D eigenvalue weighted by Gasteiger charge is 2.16. The molecule has 0 aromatic carbocycles. The van der Waals surface area contributed by atoms with Gasteiger partial charge in [0.1, 0.15) is 5.82 Å². The summed E-state index contributed by atoms with van der Waals surface area (Å²) >= 11 is 0. The lowest BCUT2D eigenvalue weighted by molar-refractivity contribution is 0.351. The fourth-order valence-electron chi connectivity index (χ4n) is 1.41. The van der Waals surface area contributed by atoms with Crippen LogP contribution < -0.4 is 0 Å². The first-order valence-corrected chi connectivity index (χ1v) is 3.75. The van der Waals surface area contributed by atoms with Gasteiger partial charge in [-0.05, 0) is 14.0 Å². The highest BCUT2D eigenvalue weighted by molar-refractivity contribution is 5.21. The molecule has 0 radical (unpaired) electrons. The van der Waals surface area contributed by atoms with E-state index in [0.717, 1.165) is 18.9 Å². The Morgan fingerprint density at radius 1 is 1.45 bits per heavy atom. The number of nitrogens with zero attached hydrogens (tertiary/aromatic N) is 3. The van der Waals surface area contributed by atoms with Gasteiger partial charge in [-0.25, -0.2) is 9.97 Å². The summed E-state index contributed by atoms with van der Waals surface area (Å²) in [5.74, 6) is 0.874. The molecular weight excluding hydrogens is 138 g/mol. The summed E-state index contributed by atoms with van der Waals surface area (Å²) in [5.41, 5.74) is 2.47. The molecule has 3 heteroatoms. The minimum atomic E-state index is 0.874. The van der Waals surface area contributed by atoms with Gasteiger partial charge in [0, 0.05) is 24.8 Å². The van der Waals surface area contributed by atoms with Crippen molar-refractivity contribution < 1.29 is 0 Å². The van der Waals surface area contributed by atoms with Crippen LogP contribution in [0.1, 0.15) is 17.1 Å². The normalized spacial score (nSPS) is 16.9. The van der Waals surface area contributed by atoms with Crippen LogP contribution in [0.4, 0.5) is 0 Å². The van der Waals surface area contributed by atoms with Gasteiger partial charge in [0.05, 0.1) is 5.69 Å². The molecule has 11 heavy (non-hydrogen) atoms. The van der Waals surface area contributed by atoms with E-state index in [9.17, 15) is 0 Å². The predicted octanol–water partition coefficient (Wildman–Crippen LogP) is 0.730. The zero-order valence-electron chi connectivity index (χ0n) is 6.83. The van der Waals surface area contributed by atoms with Gasteiger partial charge in [-0.15, -0.1) is 0 Å². The molecule has 1 aliphatic heterocycles. The molecule has 2 heterocycles. The molecule has 0 spiro atoms. The van der Waals surface area contributed by atoms with Crippen LogP contribution in [0.5, 0.6) is 0 Å². The maximum absolute atomic E-state index is 4.35. The maximum atomic E-state index is 4.35. The Morgan fingerprint density at radius 3 is 3.09 bits per heavy atom. The van der Waals surface area contributed by atoms with Crippen LogP contribution in [0.3, 0.4) is 0 Å². The lowest BCUT2D eigenvalue weighted by atomic mass is 10.3. The monoisotopic (exact) mass is 149 g/mol. The SMILES string of the molecule is Cc1ncc2c(n1)CN(C)C2. The van der Waals surface area contributed by atoms with E-state index >= 15 is 0 Å². The van der Waals surface area contributed by atoms with E-state index in [1.807, 2.05) is 13.1 Å². The minimum absolute atomic E-state index is 0.874. The van der Waals surface area contributed by atoms with Crippen molar-refractivity contribution in [3.05, 3.63) is 23.3 Å². The summed E-state index contributed by atoms with van der Waals surface area (Å²) in [6, 6.07) is 0. The number of hydrogen-bond donors (Lipinski definition) is 0. The summed E-state index contributed by atoms with van der Waals surface area (Å²) < 4.78 is 0. The second-order valence-corrected chi connectivity index (χ2v) is 3.06. The Balaban J connectivity index is 2.43. The predicted molar refractivity (Wildman–Crippen MR) is 41.9 cm³/mol. The van der Waals surface area contributed by atoms with Crippen molar-refractivity contribution in [2.45, 2.75) is 20.0 Å². The molecule has 1 aromatic heterocycles. The van der Waals surface area contributed by atoms with Crippen molar-refractivity contribution in [3.63, 3.8) is 0 Å². The van der Waals surface area contributed by atoms with Crippen molar-refractivity contribution >= 4 is 0 Å². The molecule has 0 aliphatic carbocycles. The van der Waals surface area contributed by atoms with Crippen LogP contribution in [0.25, 0.3) is 0 Å². The highest BCUT2D eigenvalue weighted by atomic mass is 15.1. The van der Waals surface area contributed by atoms with Gasteiger partial charge >= 0.3 is 0 Å². The molecule has 0 saturated carbocycles. The molecule has 1 aromatic rings. The second-order valence-electron chi connectivity index (χ2n) is 3.06. The van der Waals surface area contributed by atoms with E-state index in [2.05, 4.69) is 21.9 Å². The van der Waals surface area contributed by atoms with E-state index in [0.29, 0.717) is 0 Å². The average Bonchev–Trinajstić information content (AvgIpc) is 2.27. The Hall–Kier alpha value is -0.960. The van der Waals surface area contributed by atoms with Gasteiger partial charge in [0.25, 0.3) is 0 Å². The molecule has 0 fully saturated rings. The molecule has 0 amide bonds. The summed E-state index contributed by atoms with van der Waals surface area (Å²) in [6.45, 7) is 3.90. The van der Waals surface area contributed by atoms with Crippen molar-refractivity contribution in [1.29, 1.82) is 0 Å². The third-order valence-electron chi connectivity index (χ3n) is 1.93. The molecule has 0 N–H and O–H groups in total. The zero-order valence-corrected chi connectivity index (χ0v) is 6.83. The van der Waals surface area contributed by atoms with Crippen molar-refractivity contribution in [1.82, 2.24) is 14.9 Å². The van der Waals surface area contributed by atoms with Crippen LogP contribution in [-0.4, -0.2) is 21.9 Å². The third kappa shape index (κ3) is 1.12. The smallest absolute Gasteiger partial charge is 0.125 e. The van der Waals surface area contributed by atoms with Gasteiger partial charge < -0.3 is 0 Å². The number of hydrogen-bond acceptors (Lipinski definition) is 3. The van der Waals surface area contributed by atoms with Crippen LogP contribution in [0, 0.1) is 6.92 Å². The van der Waals surface area contributed by atoms with Crippen LogP contribution in [0.2, 0.25) is 0 Å². The van der Waals surface area contributed by atoms with Gasteiger partial charge in [-0.3, -0.25) is 4.90 Å². The lowest BCUT2D eigenvalue weighted by Gasteiger charge is -2.01. The number of rotatable bonds is 0. The number of aryl methyl sites for hydroxylation is 1. The summed E-state index contributed by atoms with van der Waals surface area (Å²) in [7, 11) is 2.09. The largest absolute Gasteiger partial charge is 0.296 e. The quantitative estimate of drug-likeness (QED) is 0.544. The van der Waals surface area contributed by atoms with E-state index < -0.39 is 0 Å². The summed E-state index contributed by atoms with van der Waals surface area (Å²) in [5, 5.41) is 0. The molecule has 0 saturated heterocycles. The Labute approximate surface area is 66.1 Å². The maximum Gasteiger partial charge on any atom is 0.125 e. The summed E-state index contributed by atoms with van der Waals surface area (Å²) in [4.78, 5) is 10.7. The van der Waals surface area contributed by atoms with Crippen LogP contribution in [-0.2, 0) is 13.1 Å². The fraction of sp³-hybridized carbons (Fsp3) is 0.500. The van der Waals surface area contributed by atoms with Gasteiger partial charge in [0.15, 0.2) is 0 Å². The average molecular weight is 149 g/mol. The zero-order chi connectivity index (χ0) is 7.84. The topological polar surface area (TPSA) is 29.0 Å². The van der Waals surface area contributed by atoms with Gasteiger partial charge in [0.2, 0.25) is 0 Å². The molecular formula is C8H11N3. The molecule has 2 rings (SSSR count). The highest BCUT2D eigenvalue weighted by Crippen LogP contribution is 2.17. The molecule has 3 nitrogen and oxygen atoms in total.